The fourth-order valence-electron chi connectivity index (χ4n) is 1.74. The second kappa shape index (κ2) is 6.83. The first-order chi connectivity index (χ1) is 9.19. The second-order valence-corrected chi connectivity index (χ2v) is 5.87. The average molecular weight is 296 g/mol. The molecule has 4 heteroatoms. The zero-order chi connectivity index (χ0) is 13.7. The highest BCUT2D eigenvalue weighted by Gasteiger charge is 2.05. The van der Waals surface area contributed by atoms with Crippen LogP contribution in [-0.2, 0) is 6.54 Å². The molecule has 0 saturated carbocycles. The Morgan fingerprint density at radius 1 is 1.32 bits per heavy atom. The van der Waals surface area contributed by atoms with E-state index < -0.39 is 0 Å². The maximum Gasteiger partial charge on any atom is 0.142 e. The Labute approximate surface area is 123 Å². The van der Waals surface area contributed by atoms with Crippen molar-refractivity contribution < 1.29 is 4.74 Å². The van der Waals surface area contributed by atoms with Gasteiger partial charge in [-0.2, -0.15) is 0 Å². The summed E-state index contributed by atoms with van der Waals surface area (Å²) in [6.45, 7) is 5.68. The summed E-state index contributed by atoms with van der Waals surface area (Å²) in [5.41, 5.74) is 2.24. The Hall–Kier alpha value is -1.19. The van der Waals surface area contributed by atoms with Crippen LogP contribution in [0.1, 0.15) is 23.8 Å². The lowest BCUT2D eigenvalue weighted by atomic mass is 10.2. The average Bonchev–Trinajstić information content (AvgIpc) is 2.81. The van der Waals surface area contributed by atoms with Gasteiger partial charge in [0, 0.05) is 16.8 Å². The van der Waals surface area contributed by atoms with Crippen LogP contribution >= 0.6 is 22.9 Å². The third kappa shape index (κ3) is 4.15. The topological polar surface area (TPSA) is 21.3 Å². The molecule has 0 saturated heterocycles. The number of halogens is 1. The van der Waals surface area contributed by atoms with Gasteiger partial charge in [0.25, 0.3) is 0 Å². The van der Waals surface area contributed by atoms with E-state index in [4.69, 9.17) is 16.3 Å². The maximum atomic E-state index is 5.92. The quantitative estimate of drug-likeness (QED) is 0.799. The summed E-state index contributed by atoms with van der Waals surface area (Å²) in [6.07, 6.45) is 1.01. The minimum atomic E-state index is 0.739. The van der Waals surface area contributed by atoms with Crippen LogP contribution in [0.15, 0.2) is 29.6 Å². The summed E-state index contributed by atoms with van der Waals surface area (Å²) in [4.78, 5) is 1.21. The number of hydrogen-bond donors (Lipinski definition) is 1. The van der Waals surface area contributed by atoms with Gasteiger partial charge >= 0.3 is 0 Å². The number of nitrogens with one attached hydrogen (secondary N) is 1. The highest BCUT2D eigenvalue weighted by Crippen LogP contribution is 2.27. The summed E-state index contributed by atoms with van der Waals surface area (Å²) < 4.78 is 5.78. The minimum absolute atomic E-state index is 0.739. The van der Waals surface area contributed by atoms with Gasteiger partial charge < -0.3 is 10.1 Å². The first-order valence-electron chi connectivity index (χ1n) is 6.39. The highest BCUT2D eigenvalue weighted by atomic mass is 35.5. The summed E-state index contributed by atoms with van der Waals surface area (Å²) in [5.74, 6) is 0.921. The van der Waals surface area contributed by atoms with Crippen molar-refractivity contribution >= 4 is 28.6 Å². The van der Waals surface area contributed by atoms with E-state index in [1.807, 2.05) is 11.4 Å². The third-order valence-electron chi connectivity index (χ3n) is 2.67. The lowest BCUT2D eigenvalue weighted by Gasteiger charge is -2.13. The Kier molecular flexibility index (Phi) is 5.11. The molecule has 0 aliphatic heterocycles. The summed E-state index contributed by atoms with van der Waals surface area (Å²) in [6, 6.07) is 8.21. The van der Waals surface area contributed by atoms with Gasteiger partial charge in [-0.15, -0.1) is 11.3 Å². The monoisotopic (exact) mass is 295 g/mol. The fraction of sp³-hybridized carbons (Fsp3) is 0.333. The zero-order valence-electron chi connectivity index (χ0n) is 11.2. The maximum absolute atomic E-state index is 5.92. The van der Waals surface area contributed by atoms with Gasteiger partial charge in [-0.3, -0.25) is 0 Å². The van der Waals surface area contributed by atoms with E-state index in [9.17, 15) is 0 Å². The van der Waals surface area contributed by atoms with E-state index in [1.54, 1.807) is 11.3 Å². The molecule has 0 amide bonds. The van der Waals surface area contributed by atoms with Gasteiger partial charge in [-0.1, -0.05) is 24.6 Å². The van der Waals surface area contributed by atoms with E-state index in [0.717, 1.165) is 36.0 Å². The first kappa shape index (κ1) is 14.2. The van der Waals surface area contributed by atoms with Gasteiger partial charge in [-0.25, -0.2) is 0 Å². The van der Waals surface area contributed by atoms with Crippen molar-refractivity contribution in [2.45, 2.75) is 26.8 Å². The predicted octanol–water partition coefficient (Wildman–Crippen LogP) is 5.11. The third-order valence-corrected chi connectivity index (χ3v) is 3.96. The van der Waals surface area contributed by atoms with E-state index >= 15 is 0 Å². The van der Waals surface area contributed by atoms with Crippen LogP contribution in [0.5, 0.6) is 5.75 Å². The van der Waals surface area contributed by atoms with Gasteiger partial charge in [0.2, 0.25) is 0 Å². The van der Waals surface area contributed by atoms with Crippen LogP contribution in [0.4, 0.5) is 5.69 Å². The van der Waals surface area contributed by atoms with Crippen molar-refractivity contribution in [3.05, 3.63) is 45.1 Å². The van der Waals surface area contributed by atoms with Crippen LogP contribution < -0.4 is 10.1 Å². The molecule has 1 heterocycles. The SMILES string of the molecule is CCCOc1cc(C)ccc1NCc1cc(Cl)cs1. The van der Waals surface area contributed by atoms with Crippen molar-refractivity contribution in [3.63, 3.8) is 0 Å². The Morgan fingerprint density at radius 2 is 2.16 bits per heavy atom. The van der Waals surface area contributed by atoms with Gasteiger partial charge in [0.15, 0.2) is 0 Å². The zero-order valence-corrected chi connectivity index (χ0v) is 12.8. The van der Waals surface area contributed by atoms with E-state index in [-0.39, 0.29) is 0 Å². The molecule has 2 rings (SSSR count). The molecule has 1 aromatic carbocycles. The van der Waals surface area contributed by atoms with Crippen LogP contribution in [0, 0.1) is 6.92 Å². The highest BCUT2D eigenvalue weighted by molar-refractivity contribution is 7.10. The van der Waals surface area contributed by atoms with Crippen molar-refractivity contribution in [2.75, 3.05) is 11.9 Å². The molecule has 0 unspecified atom stereocenters. The molecule has 1 aromatic heterocycles. The summed E-state index contributed by atoms with van der Waals surface area (Å²) >= 11 is 7.58. The smallest absolute Gasteiger partial charge is 0.142 e. The molecular weight excluding hydrogens is 278 g/mol. The number of aryl methyl sites for hydroxylation is 1. The van der Waals surface area contributed by atoms with Crippen molar-refractivity contribution in [3.8, 4) is 5.75 Å². The van der Waals surface area contributed by atoms with Gasteiger partial charge in [-0.05, 0) is 37.1 Å². The second-order valence-electron chi connectivity index (χ2n) is 4.43. The molecule has 0 aliphatic rings. The summed E-state index contributed by atoms with van der Waals surface area (Å²) in [7, 11) is 0. The number of rotatable bonds is 6. The largest absolute Gasteiger partial charge is 0.491 e. The minimum Gasteiger partial charge on any atom is -0.491 e. The number of thiophene rings is 1. The predicted molar refractivity (Wildman–Crippen MR) is 83.6 cm³/mol. The van der Waals surface area contributed by atoms with E-state index in [2.05, 4.69) is 37.4 Å². The molecule has 0 spiro atoms. The molecule has 0 atom stereocenters. The summed E-state index contributed by atoms with van der Waals surface area (Å²) in [5, 5.41) is 6.15. The molecule has 1 N–H and O–H groups in total. The molecule has 19 heavy (non-hydrogen) atoms. The van der Waals surface area contributed by atoms with E-state index in [1.165, 1.54) is 10.4 Å². The number of anilines is 1. The molecule has 102 valence electrons. The standard InChI is InChI=1S/C15H18ClNOS/c1-3-6-18-15-7-11(2)4-5-14(15)17-9-13-8-12(16)10-19-13/h4-5,7-8,10,17H,3,6,9H2,1-2H3. The lowest BCUT2D eigenvalue weighted by molar-refractivity contribution is 0.318. The van der Waals surface area contributed by atoms with Crippen LogP contribution in [0.3, 0.4) is 0 Å². The molecule has 0 bridgehead atoms. The van der Waals surface area contributed by atoms with Crippen molar-refractivity contribution in [2.24, 2.45) is 0 Å². The number of hydrogen-bond acceptors (Lipinski definition) is 3. The van der Waals surface area contributed by atoms with Crippen molar-refractivity contribution in [1.29, 1.82) is 0 Å². The molecular formula is C15H18ClNOS. The molecule has 0 aliphatic carbocycles. The first-order valence-corrected chi connectivity index (χ1v) is 7.65. The van der Waals surface area contributed by atoms with E-state index in [0.29, 0.717) is 0 Å². The molecule has 0 radical (unpaired) electrons. The Morgan fingerprint density at radius 3 is 2.84 bits per heavy atom. The molecule has 0 fully saturated rings. The number of ether oxygens (including phenoxy) is 1. The van der Waals surface area contributed by atoms with Gasteiger partial charge in [0.05, 0.1) is 17.3 Å². The lowest BCUT2D eigenvalue weighted by Crippen LogP contribution is -2.03. The fourth-order valence-corrected chi connectivity index (χ4v) is 2.75. The normalized spacial score (nSPS) is 10.5. The Bertz CT molecular complexity index is 539. The van der Waals surface area contributed by atoms with Crippen molar-refractivity contribution in [1.82, 2.24) is 0 Å². The van der Waals surface area contributed by atoms with Crippen LogP contribution in [-0.4, -0.2) is 6.61 Å². The Balaban J connectivity index is 2.05. The van der Waals surface area contributed by atoms with Crippen LogP contribution in [0.25, 0.3) is 0 Å². The van der Waals surface area contributed by atoms with Crippen LogP contribution in [0.2, 0.25) is 5.02 Å². The number of benzene rings is 1. The van der Waals surface area contributed by atoms with Gasteiger partial charge in [0.1, 0.15) is 5.75 Å². The molecule has 2 nitrogen and oxygen atoms in total. The molecule has 2 aromatic rings.